The molecule has 1 heterocycles. The van der Waals surface area contributed by atoms with Gasteiger partial charge in [-0.15, -0.1) is 11.3 Å². The summed E-state index contributed by atoms with van der Waals surface area (Å²) in [6, 6.07) is 16.6. The largest absolute Gasteiger partial charge is 0.484 e. The van der Waals surface area contributed by atoms with E-state index < -0.39 is 10.0 Å². The first-order chi connectivity index (χ1) is 14.9. The Kier molecular flexibility index (Phi) is 6.08. The van der Waals surface area contributed by atoms with Crippen molar-refractivity contribution >= 4 is 60.5 Å². The fourth-order valence-electron chi connectivity index (χ4n) is 2.93. The second-order valence-electron chi connectivity index (χ2n) is 6.39. The number of sulfonamides is 1. The number of thiazole rings is 1. The molecule has 0 unspecified atom stereocenters. The minimum atomic E-state index is -3.86. The fraction of sp³-hybridized carbons (Fsp3) is 0.0476. The quantitative estimate of drug-likeness (QED) is 0.403. The molecular formula is C21H16ClN3O4S2. The van der Waals surface area contributed by atoms with Gasteiger partial charge in [-0.1, -0.05) is 35.9 Å². The monoisotopic (exact) mass is 473 g/mol. The van der Waals surface area contributed by atoms with Crippen LogP contribution in [0.3, 0.4) is 0 Å². The lowest BCUT2D eigenvalue weighted by molar-refractivity contribution is -0.118. The van der Waals surface area contributed by atoms with Crippen molar-refractivity contribution in [1.82, 2.24) is 4.98 Å². The summed E-state index contributed by atoms with van der Waals surface area (Å²) in [7, 11) is -3.86. The average molecular weight is 474 g/mol. The molecule has 158 valence electrons. The van der Waals surface area contributed by atoms with E-state index in [0.717, 1.165) is 0 Å². The van der Waals surface area contributed by atoms with Crippen molar-refractivity contribution in [2.45, 2.75) is 4.90 Å². The van der Waals surface area contributed by atoms with Gasteiger partial charge >= 0.3 is 0 Å². The summed E-state index contributed by atoms with van der Waals surface area (Å²) in [6.07, 6.45) is 1.52. The van der Waals surface area contributed by atoms with Crippen LogP contribution < -0.4 is 14.8 Å². The normalized spacial score (nSPS) is 11.3. The summed E-state index contributed by atoms with van der Waals surface area (Å²) in [5, 5.41) is 6.37. The number of carbonyl (C=O) groups excluding carboxylic acids is 1. The van der Waals surface area contributed by atoms with E-state index in [9.17, 15) is 13.2 Å². The van der Waals surface area contributed by atoms with Crippen LogP contribution in [0.4, 0.5) is 10.8 Å². The third-order valence-corrected chi connectivity index (χ3v) is 6.75. The number of fused-ring (bicyclic) bond motifs is 1. The highest BCUT2D eigenvalue weighted by atomic mass is 35.5. The van der Waals surface area contributed by atoms with Gasteiger partial charge in [-0.3, -0.25) is 9.52 Å². The van der Waals surface area contributed by atoms with Gasteiger partial charge in [0.25, 0.3) is 15.9 Å². The number of ether oxygens (including phenoxy) is 1. The number of rotatable bonds is 7. The summed E-state index contributed by atoms with van der Waals surface area (Å²) in [5.41, 5.74) is 0.480. The van der Waals surface area contributed by atoms with E-state index in [4.69, 9.17) is 16.3 Å². The first-order valence-corrected chi connectivity index (χ1v) is 11.8. The Morgan fingerprint density at radius 3 is 2.52 bits per heavy atom. The maximum absolute atomic E-state index is 12.9. The van der Waals surface area contributed by atoms with Gasteiger partial charge in [0, 0.05) is 33.1 Å². The predicted molar refractivity (Wildman–Crippen MR) is 122 cm³/mol. The van der Waals surface area contributed by atoms with Gasteiger partial charge in [0.2, 0.25) is 0 Å². The zero-order chi connectivity index (χ0) is 21.8. The van der Waals surface area contributed by atoms with Crippen LogP contribution in [0, 0.1) is 0 Å². The predicted octanol–water partition coefficient (Wildman–Crippen LogP) is 4.77. The lowest BCUT2D eigenvalue weighted by Gasteiger charge is -2.13. The molecule has 0 radical (unpaired) electrons. The zero-order valence-electron chi connectivity index (χ0n) is 15.9. The first-order valence-electron chi connectivity index (χ1n) is 9.05. The smallest absolute Gasteiger partial charge is 0.264 e. The first kappa shape index (κ1) is 21.1. The molecule has 2 N–H and O–H groups in total. The molecule has 10 heteroatoms. The SMILES string of the molecule is O=C(COc1ccc(Cl)cc1)Nc1cccc2c(S(=O)(=O)Nc3nccs3)cccc12. The van der Waals surface area contributed by atoms with Crippen LogP contribution in [0.1, 0.15) is 0 Å². The topological polar surface area (TPSA) is 97.4 Å². The molecule has 0 atom stereocenters. The van der Waals surface area contributed by atoms with E-state index in [0.29, 0.717) is 27.2 Å². The summed E-state index contributed by atoms with van der Waals surface area (Å²) in [6.45, 7) is -0.207. The number of nitrogens with one attached hydrogen (secondary N) is 2. The molecule has 0 bridgehead atoms. The number of hydrogen-bond acceptors (Lipinski definition) is 6. The molecule has 4 aromatic rings. The van der Waals surface area contributed by atoms with Crippen molar-refractivity contribution in [3.05, 3.63) is 77.3 Å². The van der Waals surface area contributed by atoms with E-state index >= 15 is 0 Å². The highest BCUT2D eigenvalue weighted by molar-refractivity contribution is 7.93. The molecule has 1 aromatic heterocycles. The summed E-state index contributed by atoms with van der Waals surface area (Å²) < 4.78 is 33.7. The molecule has 0 aliphatic heterocycles. The van der Waals surface area contributed by atoms with Crippen LogP contribution in [-0.4, -0.2) is 25.9 Å². The number of halogens is 1. The minimum absolute atomic E-state index is 0.0914. The third kappa shape index (κ3) is 4.96. The van der Waals surface area contributed by atoms with Gasteiger partial charge in [0.05, 0.1) is 4.90 Å². The molecule has 1 amide bonds. The molecule has 0 saturated heterocycles. The van der Waals surface area contributed by atoms with E-state index in [1.165, 1.54) is 23.6 Å². The Bertz CT molecular complexity index is 1320. The molecule has 0 spiro atoms. The van der Waals surface area contributed by atoms with Gasteiger partial charge in [-0.2, -0.15) is 0 Å². The molecule has 31 heavy (non-hydrogen) atoms. The van der Waals surface area contributed by atoms with Gasteiger partial charge in [-0.05, 0) is 36.4 Å². The molecule has 0 fully saturated rings. The second kappa shape index (κ2) is 8.93. The molecule has 7 nitrogen and oxygen atoms in total. The number of anilines is 2. The number of hydrogen-bond donors (Lipinski definition) is 2. The van der Waals surface area contributed by atoms with Gasteiger partial charge in [0.15, 0.2) is 11.7 Å². The maximum atomic E-state index is 12.9. The molecule has 4 rings (SSSR count). The summed E-state index contributed by atoms with van der Waals surface area (Å²) in [4.78, 5) is 16.4. The number of aromatic nitrogens is 1. The van der Waals surface area contributed by atoms with Crippen molar-refractivity contribution < 1.29 is 17.9 Å². The van der Waals surface area contributed by atoms with Crippen LogP contribution in [0.5, 0.6) is 5.75 Å². The van der Waals surface area contributed by atoms with Crippen molar-refractivity contribution in [2.24, 2.45) is 0 Å². The molecule has 0 saturated carbocycles. The van der Waals surface area contributed by atoms with Gasteiger partial charge in [-0.25, -0.2) is 13.4 Å². The van der Waals surface area contributed by atoms with Crippen molar-refractivity contribution in [1.29, 1.82) is 0 Å². The van der Waals surface area contributed by atoms with Crippen LogP contribution in [-0.2, 0) is 14.8 Å². The summed E-state index contributed by atoms with van der Waals surface area (Å²) in [5.74, 6) is 0.135. The second-order valence-corrected chi connectivity index (χ2v) is 9.37. The fourth-order valence-corrected chi connectivity index (χ4v) is 5.07. The third-order valence-electron chi connectivity index (χ3n) is 4.28. The van der Waals surface area contributed by atoms with Crippen LogP contribution in [0.15, 0.2) is 77.1 Å². The molecule has 0 aliphatic rings. The van der Waals surface area contributed by atoms with Crippen LogP contribution in [0.25, 0.3) is 10.8 Å². The Hall–Kier alpha value is -3.14. The number of benzene rings is 3. The highest BCUT2D eigenvalue weighted by Crippen LogP contribution is 2.30. The van der Waals surface area contributed by atoms with E-state index in [2.05, 4.69) is 15.0 Å². The summed E-state index contributed by atoms with van der Waals surface area (Å²) >= 11 is 7.02. The number of amides is 1. The lowest BCUT2D eigenvalue weighted by Crippen LogP contribution is -2.20. The molecule has 3 aromatic carbocycles. The Labute approximate surface area is 187 Å². The molecular weight excluding hydrogens is 458 g/mol. The van der Waals surface area contributed by atoms with Crippen molar-refractivity contribution in [3.8, 4) is 5.75 Å². The Morgan fingerprint density at radius 2 is 1.77 bits per heavy atom. The standard InChI is InChI=1S/C21H16ClN3O4S2/c22-14-7-9-15(10-8-14)29-13-20(26)24-18-5-1-4-17-16(18)3-2-6-19(17)31(27,28)25-21-23-11-12-30-21/h1-12H,13H2,(H,23,25)(H,24,26). The van der Waals surface area contributed by atoms with Gasteiger partial charge in [0.1, 0.15) is 5.75 Å². The minimum Gasteiger partial charge on any atom is -0.484 e. The molecule has 0 aliphatic carbocycles. The lowest BCUT2D eigenvalue weighted by atomic mass is 10.1. The zero-order valence-corrected chi connectivity index (χ0v) is 18.3. The van der Waals surface area contributed by atoms with Crippen molar-refractivity contribution in [2.75, 3.05) is 16.6 Å². The number of nitrogens with zero attached hydrogens (tertiary/aromatic N) is 1. The van der Waals surface area contributed by atoms with E-state index in [1.807, 2.05) is 0 Å². The van der Waals surface area contributed by atoms with Crippen molar-refractivity contribution in [3.63, 3.8) is 0 Å². The van der Waals surface area contributed by atoms with Gasteiger partial charge < -0.3 is 10.1 Å². The van der Waals surface area contributed by atoms with Crippen LogP contribution >= 0.6 is 22.9 Å². The Morgan fingerprint density at radius 1 is 1.03 bits per heavy atom. The van der Waals surface area contributed by atoms with E-state index in [-0.39, 0.29) is 22.5 Å². The average Bonchev–Trinajstić information content (AvgIpc) is 3.25. The van der Waals surface area contributed by atoms with Crippen LogP contribution in [0.2, 0.25) is 5.02 Å². The number of carbonyl (C=O) groups is 1. The Balaban J connectivity index is 1.56. The highest BCUT2D eigenvalue weighted by Gasteiger charge is 2.19. The van der Waals surface area contributed by atoms with E-state index in [1.54, 1.807) is 60.0 Å². The maximum Gasteiger partial charge on any atom is 0.264 e.